The molecule has 0 bridgehead atoms. The maximum atomic E-state index is 10.9. The molecular formula is C15H16N2O3. The summed E-state index contributed by atoms with van der Waals surface area (Å²) in [6.07, 6.45) is -0.493. The molecule has 2 N–H and O–H groups in total. The smallest absolute Gasteiger partial charge is 0.292 e. The maximum absolute atomic E-state index is 10.9. The molecule has 104 valence electrons. The highest BCUT2D eigenvalue weighted by molar-refractivity contribution is 5.61. The van der Waals surface area contributed by atoms with Crippen LogP contribution < -0.4 is 5.32 Å². The highest BCUT2D eigenvalue weighted by Crippen LogP contribution is 2.24. The predicted octanol–water partition coefficient (Wildman–Crippen LogP) is 3.26. The molecule has 1 atom stereocenters. The lowest BCUT2D eigenvalue weighted by molar-refractivity contribution is -0.384. The van der Waals surface area contributed by atoms with E-state index in [0.717, 1.165) is 11.1 Å². The number of hydrogen-bond donors (Lipinski definition) is 2. The van der Waals surface area contributed by atoms with Gasteiger partial charge in [0.1, 0.15) is 5.69 Å². The second kappa shape index (κ2) is 6.16. The summed E-state index contributed by atoms with van der Waals surface area (Å²) in [7, 11) is 0. The van der Waals surface area contributed by atoms with E-state index in [1.807, 2.05) is 24.3 Å². The van der Waals surface area contributed by atoms with Crippen molar-refractivity contribution in [2.75, 3.05) is 5.32 Å². The number of para-hydroxylation sites is 2. The molecule has 0 heterocycles. The topological polar surface area (TPSA) is 75.4 Å². The van der Waals surface area contributed by atoms with Crippen LogP contribution in [0.25, 0.3) is 0 Å². The van der Waals surface area contributed by atoms with Gasteiger partial charge < -0.3 is 10.4 Å². The van der Waals surface area contributed by atoms with Gasteiger partial charge in [-0.15, -0.1) is 0 Å². The second-order valence-corrected chi connectivity index (χ2v) is 4.55. The Morgan fingerprint density at radius 1 is 1.20 bits per heavy atom. The highest BCUT2D eigenvalue weighted by Gasteiger charge is 2.11. The molecule has 2 aromatic carbocycles. The van der Waals surface area contributed by atoms with Gasteiger partial charge in [0.2, 0.25) is 0 Å². The Kier molecular flexibility index (Phi) is 4.32. The van der Waals surface area contributed by atoms with Crippen LogP contribution in [0.2, 0.25) is 0 Å². The predicted molar refractivity (Wildman–Crippen MR) is 77.5 cm³/mol. The minimum absolute atomic E-state index is 0.0631. The first kappa shape index (κ1) is 14.0. The van der Waals surface area contributed by atoms with Crippen molar-refractivity contribution in [1.82, 2.24) is 0 Å². The third kappa shape index (κ3) is 3.33. The maximum Gasteiger partial charge on any atom is 0.292 e. The van der Waals surface area contributed by atoms with Crippen LogP contribution in [-0.2, 0) is 6.54 Å². The summed E-state index contributed by atoms with van der Waals surface area (Å²) < 4.78 is 0. The van der Waals surface area contributed by atoms with Gasteiger partial charge in [0.15, 0.2) is 0 Å². The van der Waals surface area contributed by atoms with E-state index in [1.165, 1.54) is 6.07 Å². The number of nitrogens with one attached hydrogen (secondary N) is 1. The normalized spacial score (nSPS) is 11.9. The first-order chi connectivity index (χ1) is 9.58. The van der Waals surface area contributed by atoms with E-state index < -0.39 is 11.0 Å². The molecular weight excluding hydrogens is 256 g/mol. The van der Waals surface area contributed by atoms with Gasteiger partial charge in [-0.1, -0.05) is 36.4 Å². The molecule has 0 fully saturated rings. The van der Waals surface area contributed by atoms with Gasteiger partial charge in [0.25, 0.3) is 5.69 Å². The van der Waals surface area contributed by atoms with E-state index in [4.69, 9.17) is 0 Å². The monoisotopic (exact) mass is 272 g/mol. The lowest BCUT2D eigenvalue weighted by atomic mass is 10.1. The van der Waals surface area contributed by atoms with Crippen LogP contribution in [0.1, 0.15) is 24.2 Å². The molecule has 0 amide bonds. The second-order valence-electron chi connectivity index (χ2n) is 4.55. The van der Waals surface area contributed by atoms with Gasteiger partial charge in [-0.2, -0.15) is 0 Å². The molecule has 0 saturated heterocycles. The number of hydrogen-bond acceptors (Lipinski definition) is 4. The Bertz CT molecular complexity index is 594. The van der Waals surface area contributed by atoms with Crippen LogP contribution in [0.5, 0.6) is 0 Å². The average Bonchev–Trinajstić information content (AvgIpc) is 2.45. The van der Waals surface area contributed by atoms with Crippen LogP contribution in [-0.4, -0.2) is 10.0 Å². The summed E-state index contributed by atoms with van der Waals surface area (Å²) in [6, 6.07) is 14.0. The minimum atomic E-state index is -0.493. The summed E-state index contributed by atoms with van der Waals surface area (Å²) in [4.78, 5) is 10.5. The molecule has 2 aromatic rings. The van der Waals surface area contributed by atoms with Crippen LogP contribution in [0.4, 0.5) is 11.4 Å². The lowest BCUT2D eigenvalue weighted by Crippen LogP contribution is -2.02. The van der Waals surface area contributed by atoms with E-state index in [-0.39, 0.29) is 5.69 Å². The summed E-state index contributed by atoms with van der Waals surface area (Å²) in [6.45, 7) is 2.20. The molecule has 0 aromatic heterocycles. The van der Waals surface area contributed by atoms with E-state index in [0.29, 0.717) is 12.2 Å². The Balaban J connectivity index is 2.07. The summed E-state index contributed by atoms with van der Waals surface area (Å²) in [5, 5.41) is 23.4. The van der Waals surface area contributed by atoms with Crippen LogP contribution in [0, 0.1) is 10.1 Å². The first-order valence-corrected chi connectivity index (χ1v) is 6.32. The fourth-order valence-corrected chi connectivity index (χ4v) is 1.89. The molecule has 2 rings (SSSR count). The van der Waals surface area contributed by atoms with Gasteiger partial charge >= 0.3 is 0 Å². The number of nitro groups is 1. The molecule has 5 heteroatoms. The number of rotatable bonds is 5. The zero-order chi connectivity index (χ0) is 14.5. The summed E-state index contributed by atoms with van der Waals surface area (Å²) >= 11 is 0. The summed E-state index contributed by atoms with van der Waals surface area (Å²) in [5.74, 6) is 0. The van der Waals surface area contributed by atoms with E-state index in [1.54, 1.807) is 25.1 Å². The van der Waals surface area contributed by atoms with Gasteiger partial charge in [0, 0.05) is 12.6 Å². The van der Waals surface area contributed by atoms with Crippen molar-refractivity contribution in [1.29, 1.82) is 0 Å². The van der Waals surface area contributed by atoms with Gasteiger partial charge in [-0.25, -0.2) is 0 Å². The molecule has 0 aliphatic rings. The van der Waals surface area contributed by atoms with Crippen molar-refractivity contribution in [2.45, 2.75) is 19.6 Å². The van der Waals surface area contributed by atoms with Crippen molar-refractivity contribution in [2.24, 2.45) is 0 Å². The Morgan fingerprint density at radius 2 is 1.85 bits per heavy atom. The Morgan fingerprint density at radius 3 is 2.45 bits per heavy atom. The molecule has 0 spiro atoms. The molecule has 5 nitrogen and oxygen atoms in total. The standard InChI is InChI=1S/C15H16N2O3/c1-11(18)13-8-6-12(7-9-13)10-16-14-4-2-3-5-15(14)17(19)20/h2-9,11,16,18H,10H2,1H3/t11-/m1/s1. The fraction of sp³-hybridized carbons (Fsp3) is 0.200. The van der Waals surface area contributed by atoms with Crippen LogP contribution in [0.15, 0.2) is 48.5 Å². The molecule has 0 aliphatic carbocycles. The van der Waals surface area contributed by atoms with Gasteiger partial charge in [-0.3, -0.25) is 10.1 Å². The summed E-state index contributed by atoms with van der Waals surface area (Å²) in [5.41, 5.74) is 2.40. The number of nitro benzene ring substituents is 1. The average molecular weight is 272 g/mol. The molecule has 0 unspecified atom stereocenters. The number of aliphatic hydroxyl groups excluding tert-OH is 1. The number of nitrogens with zero attached hydrogens (tertiary/aromatic N) is 1. The zero-order valence-corrected chi connectivity index (χ0v) is 11.1. The van der Waals surface area contributed by atoms with E-state index >= 15 is 0 Å². The van der Waals surface area contributed by atoms with Gasteiger partial charge in [0.05, 0.1) is 11.0 Å². The van der Waals surface area contributed by atoms with E-state index in [2.05, 4.69) is 5.32 Å². The molecule has 0 aliphatic heterocycles. The van der Waals surface area contributed by atoms with Crippen molar-refractivity contribution in [3.05, 3.63) is 69.8 Å². The Labute approximate surface area is 117 Å². The van der Waals surface area contributed by atoms with Crippen molar-refractivity contribution in [3.8, 4) is 0 Å². The van der Waals surface area contributed by atoms with Gasteiger partial charge in [-0.05, 0) is 24.1 Å². The quantitative estimate of drug-likeness (QED) is 0.647. The molecule has 0 radical (unpaired) electrons. The highest BCUT2D eigenvalue weighted by atomic mass is 16.6. The van der Waals surface area contributed by atoms with Crippen molar-refractivity contribution < 1.29 is 10.0 Å². The number of aliphatic hydroxyl groups is 1. The third-order valence-corrected chi connectivity index (χ3v) is 3.05. The van der Waals surface area contributed by atoms with Crippen LogP contribution in [0.3, 0.4) is 0 Å². The zero-order valence-electron chi connectivity index (χ0n) is 11.1. The first-order valence-electron chi connectivity index (χ1n) is 6.32. The largest absolute Gasteiger partial charge is 0.389 e. The van der Waals surface area contributed by atoms with E-state index in [9.17, 15) is 15.2 Å². The Hall–Kier alpha value is -2.40. The minimum Gasteiger partial charge on any atom is -0.389 e. The molecule has 20 heavy (non-hydrogen) atoms. The fourth-order valence-electron chi connectivity index (χ4n) is 1.89. The van der Waals surface area contributed by atoms with Crippen molar-refractivity contribution >= 4 is 11.4 Å². The van der Waals surface area contributed by atoms with Crippen LogP contribution >= 0.6 is 0 Å². The number of benzene rings is 2. The van der Waals surface area contributed by atoms with Crippen molar-refractivity contribution in [3.63, 3.8) is 0 Å². The lowest BCUT2D eigenvalue weighted by Gasteiger charge is -2.09. The SMILES string of the molecule is C[C@@H](O)c1ccc(CNc2ccccc2[N+](=O)[O-])cc1. The molecule has 0 saturated carbocycles. The number of anilines is 1. The third-order valence-electron chi connectivity index (χ3n) is 3.05.